The fourth-order valence-corrected chi connectivity index (χ4v) is 1.98. The number of likely N-dealkylation sites (N-methyl/N-ethyl adjacent to an activating group) is 1. The van der Waals surface area contributed by atoms with E-state index in [0.29, 0.717) is 13.0 Å². The molecule has 1 aliphatic rings. The van der Waals surface area contributed by atoms with Crippen LogP contribution in [0.15, 0.2) is 0 Å². The molecule has 5 nitrogen and oxygen atoms in total. The summed E-state index contributed by atoms with van der Waals surface area (Å²) >= 11 is 0. The normalized spacial score (nSPS) is 18.3. The summed E-state index contributed by atoms with van der Waals surface area (Å²) in [6, 6.07) is -1.04. The number of nitrogens with zero attached hydrogens (tertiary/aromatic N) is 1. The maximum atomic E-state index is 11.8. The average molecular weight is 242 g/mol. The molecule has 1 atom stereocenters. The summed E-state index contributed by atoms with van der Waals surface area (Å²) in [6.07, 6.45) is 3.79. The van der Waals surface area contributed by atoms with E-state index in [9.17, 15) is 9.59 Å². The molecule has 0 aromatic carbocycles. The quantitative estimate of drug-likeness (QED) is 0.744. The molecule has 0 aromatic heterocycles. The lowest BCUT2D eigenvalue weighted by Crippen LogP contribution is -2.48. The van der Waals surface area contributed by atoms with Crippen LogP contribution in [0.3, 0.4) is 0 Å². The summed E-state index contributed by atoms with van der Waals surface area (Å²) in [7, 11) is 1.53. The third-order valence-electron chi connectivity index (χ3n) is 3.78. The number of carboxylic acids is 1. The average Bonchev–Trinajstić information content (AvgIpc) is 3.07. The van der Waals surface area contributed by atoms with Crippen molar-refractivity contribution in [2.45, 2.75) is 45.6 Å². The molecule has 0 saturated heterocycles. The van der Waals surface area contributed by atoms with Crippen LogP contribution in [-0.4, -0.2) is 41.6 Å². The summed E-state index contributed by atoms with van der Waals surface area (Å²) in [5.41, 5.74) is 0.279. The second-order valence-electron chi connectivity index (χ2n) is 4.89. The van der Waals surface area contributed by atoms with Gasteiger partial charge < -0.3 is 15.3 Å². The number of amides is 2. The maximum Gasteiger partial charge on any atom is 0.326 e. The van der Waals surface area contributed by atoms with Crippen LogP contribution in [0.1, 0.15) is 39.5 Å². The number of carbonyl (C=O) groups is 2. The fraction of sp³-hybridized carbons (Fsp3) is 0.833. The van der Waals surface area contributed by atoms with E-state index in [-0.39, 0.29) is 11.4 Å². The first kappa shape index (κ1) is 13.8. The molecule has 0 heterocycles. The van der Waals surface area contributed by atoms with Crippen LogP contribution in [0.5, 0.6) is 0 Å². The van der Waals surface area contributed by atoms with Crippen molar-refractivity contribution in [3.8, 4) is 0 Å². The van der Waals surface area contributed by atoms with Gasteiger partial charge in [0.25, 0.3) is 0 Å². The molecule has 17 heavy (non-hydrogen) atoms. The number of hydrogen-bond acceptors (Lipinski definition) is 2. The van der Waals surface area contributed by atoms with Crippen LogP contribution in [-0.2, 0) is 4.79 Å². The lowest BCUT2D eigenvalue weighted by molar-refractivity contribution is -0.141. The van der Waals surface area contributed by atoms with Crippen molar-refractivity contribution >= 4 is 12.0 Å². The van der Waals surface area contributed by atoms with Gasteiger partial charge in [-0.2, -0.15) is 0 Å². The Morgan fingerprint density at radius 2 is 2.00 bits per heavy atom. The predicted molar refractivity (Wildman–Crippen MR) is 64.8 cm³/mol. The zero-order valence-electron chi connectivity index (χ0n) is 10.8. The Kier molecular flexibility index (Phi) is 4.37. The van der Waals surface area contributed by atoms with Crippen LogP contribution in [0.2, 0.25) is 0 Å². The third-order valence-corrected chi connectivity index (χ3v) is 3.78. The highest BCUT2D eigenvalue weighted by atomic mass is 16.4. The summed E-state index contributed by atoms with van der Waals surface area (Å²) < 4.78 is 0. The topological polar surface area (TPSA) is 69.6 Å². The summed E-state index contributed by atoms with van der Waals surface area (Å²) in [6.45, 7) is 4.54. The summed E-state index contributed by atoms with van der Waals surface area (Å²) in [5.74, 6) is -0.957. The standard InChI is InChI=1S/C12H22N2O3/c1-4-9(10(15)16)14(3)11(17)13-8-12(5-2)6-7-12/h9H,4-8H2,1-3H3,(H,13,17)(H,15,16). The first-order chi connectivity index (χ1) is 7.95. The first-order valence-corrected chi connectivity index (χ1v) is 6.19. The number of rotatable bonds is 6. The third kappa shape index (κ3) is 3.35. The molecule has 0 aromatic rings. The van der Waals surface area contributed by atoms with Crippen LogP contribution in [0.4, 0.5) is 4.79 Å². The minimum atomic E-state index is -0.957. The molecule has 0 bridgehead atoms. The number of carbonyl (C=O) groups excluding carboxylic acids is 1. The first-order valence-electron chi connectivity index (χ1n) is 6.19. The summed E-state index contributed by atoms with van der Waals surface area (Å²) in [4.78, 5) is 24.0. The lowest BCUT2D eigenvalue weighted by atomic mass is 10.0. The number of carboxylic acid groups (broad SMARTS) is 1. The highest BCUT2D eigenvalue weighted by molar-refractivity contribution is 5.82. The van der Waals surface area contributed by atoms with E-state index in [0.717, 1.165) is 19.3 Å². The van der Waals surface area contributed by atoms with Gasteiger partial charge in [0.15, 0.2) is 0 Å². The fourth-order valence-electron chi connectivity index (χ4n) is 1.98. The Labute approximate surface area is 102 Å². The Bertz CT molecular complexity index is 300. The van der Waals surface area contributed by atoms with E-state index in [4.69, 9.17) is 5.11 Å². The largest absolute Gasteiger partial charge is 0.480 e. The van der Waals surface area contributed by atoms with Crippen molar-refractivity contribution < 1.29 is 14.7 Å². The minimum absolute atomic E-state index is 0.279. The van der Waals surface area contributed by atoms with Crippen LogP contribution in [0, 0.1) is 5.41 Å². The van der Waals surface area contributed by atoms with Gasteiger partial charge in [-0.15, -0.1) is 0 Å². The molecule has 2 amide bonds. The van der Waals surface area contributed by atoms with Crippen molar-refractivity contribution in [2.24, 2.45) is 5.41 Å². The Balaban J connectivity index is 2.43. The van der Waals surface area contributed by atoms with E-state index in [1.165, 1.54) is 11.9 Å². The molecule has 1 unspecified atom stereocenters. The van der Waals surface area contributed by atoms with Crippen molar-refractivity contribution in [1.29, 1.82) is 0 Å². The summed E-state index contributed by atoms with van der Waals surface area (Å²) in [5, 5.41) is 11.8. The molecule has 1 saturated carbocycles. The van der Waals surface area contributed by atoms with Crippen molar-refractivity contribution in [3.63, 3.8) is 0 Å². The molecule has 1 rings (SSSR count). The van der Waals surface area contributed by atoms with E-state index >= 15 is 0 Å². The number of nitrogens with one attached hydrogen (secondary N) is 1. The Hall–Kier alpha value is -1.26. The molecular weight excluding hydrogens is 220 g/mol. The van der Waals surface area contributed by atoms with Gasteiger partial charge in [-0.3, -0.25) is 0 Å². The highest BCUT2D eigenvalue weighted by Gasteiger charge is 2.41. The highest BCUT2D eigenvalue weighted by Crippen LogP contribution is 2.47. The lowest BCUT2D eigenvalue weighted by Gasteiger charge is -2.25. The number of aliphatic carboxylic acids is 1. The molecule has 98 valence electrons. The molecule has 0 aliphatic heterocycles. The molecule has 0 radical (unpaired) electrons. The monoisotopic (exact) mass is 242 g/mol. The van der Waals surface area contributed by atoms with Crippen LogP contribution in [0.25, 0.3) is 0 Å². The molecule has 0 spiro atoms. The zero-order valence-corrected chi connectivity index (χ0v) is 10.8. The Morgan fingerprint density at radius 3 is 2.35 bits per heavy atom. The van der Waals surface area contributed by atoms with Crippen molar-refractivity contribution in [3.05, 3.63) is 0 Å². The van der Waals surface area contributed by atoms with Crippen LogP contribution >= 0.6 is 0 Å². The minimum Gasteiger partial charge on any atom is -0.480 e. The smallest absolute Gasteiger partial charge is 0.326 e. The second kappa shape index (κ2) is 5.38. The number of urea groups is 1. The SMILES string of the molecule is CCC(C(=O)O)N(C)C(=O)NCC1(CC)CC1. The van der Waals surface area contributed by atoms with E-state index < -0.39 is 12.0 Å². The van der Waals surface area contributed by atoms with E-state index in [2.05, 4.69) is 12.2 Å². The van der Waals surface area contributed by atoms with E-state index in [1.54, 1.807) is 6.92 Å². The van der Waals surface area contributed by atoms with Crippen molar-refractivity contribution in [2.75, 3.05) is 13.6 Å². The number of hydrogen-bond donors (Lipinski definition) is 2. The zero-order chi connectivity index (χ0) is 13.1. The molecular formula is C12H22N2O3. The van der Waals surface area contributed by atoms with E-state index in [1.807, 2.05) is 0 Å². The predicted octanol–water partition coefficient (Wildman–Crippen LogP) is 1.68. The molecule has 1 aliphatic carbocycles. The van der Waals surface area contributed by atoms with Gasteiger partial charge in [-0.25, -0.2) is 9.59 Å². The van der Waals surface area contributed by atoms with Gasteiger partial charge in [0, 0.05) is 13.6 Å². The van der Waals surface area contributed by atoms with Gasteiger partial charge >= 0.3 is 12.0 Å². The van der Waals surface area contributed by atoms with Gasteiger partial charge in [0.05, 0.1) is 0 Å². The van der Waals surface area contributed by atoms with Gasteiger partial charge in [0.2, 0.25) is 0 Å². The molecule has 5 heteroatoms. The van der Waals surface area contributed by atoms with Crippen LogP contribution < -0.4 is 5.32 Å². The van der Waals surface area contributed by atoms with Gasteiger partial charge in [-0.1, -0.05) is 13.8 Å². The van der Waals surface area contributed by atoms with Gasteiger partial charge in [-0.05, 0) is 31.1 Å². The molecule has 2 N–H and O–H groups in total. The molecule has 1 fully saturated rings. The second-order valence-corrected chi connectivity index (χ2v) is 4.89. The Morgan fingerprint density at radius 1 is 1.41 bits per heavy atom. The maximum absolute atomic E-state index is 11.8. The van der Waals surface area contributed by atoms with Gasteiger partial charge in [0.1, 0.15) is 6.04 Å². The van der Waals surface area contributed by atoms with Crippen molar-refractivity contribution in [1.82, 2.24) is 10.2 Å².